The second-order valence-corrected chi connectivity index (χ2v) is 9.71. The molecule has 0 spiro atoms. The molecule has 1 amide bonds. The van der Waals surface area contributed by atoms with Gasteiger partial charge in [-0.15, -0.1) is 0 Å². The summed E-state index contributed by atoms with van der Waals surface area (Å²) in [5, 5.41) is 11.0. The van der Waals surface area contributed by atoms with Crippen molar-refractivity contribution < 1.29 is 9.53 Å². The van der Waals surface area contributed by atoms with E-state index in [-0.39, 0.29) is 5.91 Å². The zero-order valence-corrected chi connectivity index (χ0v) is 20.8. The van der Waals surface area contributed by atoms with Gasteiger partial charge in [0, 0.05) is 56.1 Å². The van der Waals surface area contributed by atoms with Crippen molar-refractivity contribution in [3.63, 3.8) is 0 Å². The lowest BCUT2D eigenvalue weighted by molar-refractivity contribution is 0.0341. The fourth-order valence-corrected chi connectivity index (χ4v) is 5.08. The van der Waals surface area contributed by atoms with Gasteiger partial charge in [0.05, 0.1) is 30.6 Å². The molecular formula is C28H31N7O2. The second kappa shape index (κ2) is 10.7. The first kappa shape index (κ1) is 23.6. The molecule has 0 atom stereocenters. The van der Waals surface area contributed by atoms with Gasteiger partial charge in [-0.25, -0.2) is 4.98 Å². The monoisotopic (exact) mass is 497 g/mol. The molecule has 0 radical (unpaired) electrons. The molecule has 9 heteroatoms. The molecule has 190 valence electrons. The fraction of sp³-hybridized carbons (Fsp3) is 0.357. The van der Waals surface area contributed by atoms with Gasteiger partial charge in [-0.05, 0) is 60.7 Å². The summed E-state index contributed by atoms with van der Waals surface area (Å²) in [7, 11) is 0. The number of amides is 1. The van der Waals surface area contributed by atoms with Crippen molar-refractivity contribution in [3.8, 4) is 11.1 Å². The number of aromatic nitrogens is 4. The van der Waals surface area contributed by atoms with E-state index in [0.717, 1.165) is 79.3 Å². The van der Waals surface area contributed by atoms with Crippen molar-refractivity contribution in [1.29, 1.82) is 0 Å². The van der Waals surface area contributed by atoms with Crippen LogP contribution in [0, 0.1) is 0 Å². The number of benzene rings is 1. The molecule has 5 heterocycles. The highest BCUT2D eigenvalue weighted by Gasteiger charge is 2.17. The van der Waals surface area contributed by atoms with E-state index in [0.29, 0.717) is 11.4 Å². The minimum absolute atomic E-state index is 0.268. The van der Waals surface area contributed by atoms with Gasteiger partial charge in [-0.2, -0.15) is 5.10 Å². The molecule has 0 aliphatic carbocycles. The van der Waals surface area contributed by atoms with Gasteiger partial charge in [0.25, 0.3) is 5.91 Å². The Morgan fingerprint density at radius 1 is 0.946 bits per heavy atom. The summed E-state index contributed by atoms with van der Waals surface area (Å²) >= 11 is 0. The molecule has 9 nitrogen and oxygen atoms in total. The van der Waals surface area contributed by atoms with Gasteiger partial charge in [-0.1, -0.05) is 6.07 Å². The Kier molecular flexibility index (Phi) is 6.79. The van der Waals surface area contributed by atoms with Crippen molar-refractivity contribution >= 4 is 28.3 Å². The molecule has 2 aliphatic rings. The van der Waals surface area contributed by atoms with E-state index < -0.39 is 0 Å². The number of carbonyl (C=O) groups is 1. The fourth-order valence-electron chi connectivity index (χ4n) is 5.08. The third-order valence-electron chi connectivity index (χ3n) is 7.10. The second-order valence-electron chi connectivity index (χ2n) is 9.71. The van der Waals surface area contributed by atoms with Gasteiger partial charge in [0.2, 0.25) is 0 Å². The summed E-state index contributed by atoms with van der Waals surface area (Å²) in [6, 6.07) is 12.0. The smallest absolute Gasteiger partial charge is 0.276 e. The molecule has 2 saturated heterocycles. The van der Waals surface area contributed by atoms with E-state index in [1.165, 1.54) is 19.3 Å². The maximum absolute atomic E-state index is 13.1. The number of pyridine rings is 2. The van der Waals surface area contributed by atoms with E-state index in [9.17, 15) is 4.79 Å². The van der Waals surface area contributed by atoms with E-state index in [1.807, 2.05) is 42.7 Å². The van der Waals surface area contributed by atoms with Gasteiger partial charge in [-0.3, -0.25) is 19.8 Å². The van der Waals surface area contributed by atoms with E-state index in [1.54, 1.807) is 6.20 Å². The predicted molar refractivity (Wildman–Crippen MR) is 144 cm³/mol. The van der Waals surface area contributed by atoms with Crippen molar-refractivity contribution in [1.82, 2.24) is 25.1 Å². The van der Waals surface area contributed by atoms with Crippen LogP contribution in [0.3, 0.4) is 0 Å². The van der Waals surface area contributed by atoms with E-state index in [4.69, 9.17) is 4.74 Å². The van der Waals surface area contributed by atoms with Crippen molar-refractivity contribution in [3.05, 3.63) is 66.2 Å². The van der Waals surface area contributed by atoms with Crippen LogP contribution in [0.25, 0.3) is 22.0 Å². The first-order valence-electron chi connectivity index (χ1n) is 13.0. The average Bonchev–Trinajstić information content (AvgIpc) is 3.38. The first-order chi connectivity index (χ1) is 18.2. The zero-order valence-electron chi connectivity index (χ0n) is 20.8. The van der Waals surface area contributed by atoms with Crippen molar-refractivity contribution in [2.45, 2.75) is 25.8 Å². The number of carbonyl (C=O) groups excluding carboxylic acids is 1. The maximum Gasteiger partial charge on any atom is 0.276 e. The van der Waals surface area contributed by atoms with Crippen LogP contribution in [0.5, 0.6) is 0 Å². The van der Waals surface area contributed by atoms with Crippen LogP contribution in [0.1, 0.15) is 35.3 Å². The number of nitrogens with one attached hydrogen (secondary N) is 2. The highest BCUT2D eigenvalue weighted by molar-refractivity contribution is 6.11. The molecule has 2 N–H and O–H groups in total. The minimum Gasteiger partial charge on any atom is -0.379 e. The molecule has 2 fully saturated rings. The van der Waals surface area contributed by atoms with Gasteiger partial charge in [0.15, 0.2) is 5.69 Å². The highest BCUT2D eigenvalue weighted by Crippen LogP contribution is 2.27. The van der Waals surface area contributed by atoms with Crippen LogP contribution in [-0.2, 0) is 11.3 Å². The zero-order chi connectivity index (χ0) is 25.0. The topological polar surface area (TPSA) is 99.3 Å². The Morgan fingerprint density at radius 2 is 1.81 bits per heavy atom. The summed E-state index contributed by atoms with van der Waals surface area (Å²) in [6.07, 6.45) is 9.16. The minimum atomic E-state index is -0.268. The number of aromatic amines is 1. The lowest BCUT2D eigenvalue weighted by atomic mass is 10.0. The molecule has 0 unspecified atom stereocenters. The van der Waals surface area contributed by atoms with Crippen LogP contribution >= 0.6 is 0 Å². The summed E-state index contributed by atoms with van der Waals surface area (Å²) in [4.78, 5) is 26.9. The molecular weight excluding hydrogens is 466 g/mol. The van der Waals surface area contributed by atoms with Crippen molar-refractivity contribution in [2.75, 3.05) is 49.6 Å². The summed E-state index contributed by atoms with van der Waals surface area (Å²) in [5.41, 5.74) is 4.98. The molecule has 0 bridgehead atoms. The molecule has 0 saturated carbocycles. The summed E-state index contributed by atoms with van der Waals surface area (Å²) in [6.45, 7) is 6.32. The lowest BCUT2D eigenvalue weighted by Crippen LogP contribution is -2.35. The Bertz CT molecular complexity index is 1370. The molecule has 3 aromatic heterocycles. The maximum atomic E-state index is 13.1. The number of morpholine rings is 1. The summed E-state index contributed by atoms with van der Waals surface area (Å²) in [5.74, 6) is 0.687. The molecule has 4 aromatic rings. The number of rotatable bonds is 6. The van der Waals surface area contributed by atoms with Crippen LogP contribution in [0.15, 0.2) is 55.0 Å². The van der Waals surface area contributed by atoms with Crippen LogP contribution in [-0.4, -0.2) is 70.4 Å². The van der Waals surface area contributed by atoms with Crippen molar-refractivity contribution in [2.24, 2.45) is 0 Å². The molecule has 6 rings (SSSR count). The lowest BCUT2D eigenvalue weighted by Gasteiger charge is -2.27. The Morgan fingerprint density at radius 3 is 2.62 bits per heavy atom. The number of ether oxygens (including phenoxy) is 1. The number of fused-ring (bicyclic) bond motifs is 1. The molecule has 2 aliphatic heterocycles. The highest BCUT2D eigenvalue weighted by atomic mass is 16.5. The number of H-pyrrole nitrogens is 1. The summed E-state index contributed by atoms with van der Waals surface area (Å²) < 4.78 is 5.46. The average molecular weight is 498 g/mol. The number of nitrogens with zero attached hydrogens (tertiary/aromatic N) is 5. The van der Waals surface area contributed by atoms with Gasteiger partial charge in [0.1, 0.15) is 5.82 Å². The normalized spacial score (nSPS) is 16.7. The Balaban J connectivity index is 1.19. The number of piperidine rings is 1. The van der Waals surface area contributed by atoms with E-state index in [2.05, 4.69) is 41.3 Å². The quantitative estimate of drug-likeness (QED) is 0.414. The predicted octanol–water partition coefficient (Wildman–Crippen LogP) is 4.09. The largest absolute Gasteiger partial charge is 0.379 e. The van der Waals surface area contributed by atoms with Crippen LogP contribution in [0.4, 0.5) is 11.5 Å². The van der Waals surface area contributed by atoms with E-state index >= 15 is 0 Å². The van der Waals surface area contributed by atoms with Gasteiger partial charge >= 0.3 is 0 Å². The number of hydrogen-bond acceptors (Lipinski definition) is 7. The van der Waals surface area contributed by atoms with Gasteiger partial charge < -0.3 is 15.0 Å². The first-order valence-corrected chi connectivity index (χ1v) is 13.0. The molecule has 37 heavy (non-hydrogen) atoms. The SMILES string of the molecule is O=C(Nc1ccc(N2CCCCC2)nc1)c1n[nH]c2ccc(-c3cncc(CN4CCOCC4)c3)cc12. The standard InChI is InChI=1S/C28H31N7O2/c36-28(31-23-5-7-26(30-18-23)35-8-2-1-3-9-35)27-24-15-21(4-6-25(24)32-33-27)22-14-20(16-29-17-22)19-34-10-12-37-13-11-34/h4-7,14-18H,1-3,8-13,19H2,(H,31,36)(H,32,33). The third kappa shape index (κ3) is 5.33. The van der Waals surface area contributed by atoms with Crippen LogP contribution < -0.4 is 10.2 Å². The third-order valence-corrected chi connectivity index (χ3v) is 7.10. The Hall–Kier alpha value is -3.82. The Labute approximate surface area is 215 Å². The number of hydrogen-bond donors (Lipinski definition) is 2. The van der Waals surface area contributed by atoms with Crippen LogP contribution in [0.2, 0.25) is 0 Å². The number of anilines is 2. The molecule has 1 aromatic carbocycles.